The molecule has 4 aromatic rings. The van der Waals surface area contributed by atoms with Crippen LogP contribution in [0.2, 0.25) is 0 Å². The number of anilines is 3. The van der Waals surface area contributed by atoms with Crippen molar-refractivity contribution in [2.24, 2.45) is 0 Å². The minimum Gasteiger partial charge on any atom is -0.369 e. The number of rotatable bonds is 6. The van der Waals surface area contributed by atoms with Crippen molar-refractivity contribution in [2.45, 2.75) is 32.2 Å². The maximum Gasteiger partial charge on any atom is 0.278 e. The normalized spacial score (nSPS) is 17.8. The number of aromatic nitrogens is 5. The Balaban J connectivity index is 1.34. The third-order valence-electron chi connectivity index (χ3n) is 7.57. The van der Waals surface area contributed by atoms with E-state index < -0.39 is 0 Å². The molecule has 1 saturated heterocycles. The number of nitrogens with one attached hydrogen (secondary N) is 1. The Morgan fingerprint density at radius 2 is 1.89 bits per heavy atom. The molecule has 2 aliphatic rings. The zero-order chi connectivity index (χ0) is 25.5. The fourth-order valence-corrected chi connectivity index (χ4v) is 5.36. The van der Waals surface area contributed by atoms with Crippen LogP contribution < -0.4 is 15.8 Å². The van der Waals surface area contributed by atoms with Gasteiger partial charge in [-0.25, -0.2) is 19.3 Å². The van der Waals surface area contributed by atoms with Gasteiger partial charge in [-0.05, 0) is 67.3 Å². The van der Waals surface area contributed by atoms with E-state index in [1.807, 2.05) is 18.3 Å². The second kappa shape index (κ2) is 9.48. The lowest BCUT2D eigenvalue weighted by Crippen LogP contribution is -2.44. The zero-order valence-corrected chi connectivity index (χ0v) is 21.4. The van der Waals surface area contributed by atoms with Gasteiger partial charge >= 0.3 is 0 Å². The topological polar surface area (TPSA) is 84.1 Å². The van der Waals surface area contributed by atoms with E-state index in [0.717, 1.165) is 44.7 Å². The molecule has 1 aromatic carbocycles. The number of fused-ring (bicyclic) bond motifs is 2. The lowest BCUT2D eigenvalue weighted by Gasteiger charge is -2.34. The average Bonchev–Trinajstić information content (AvgIpc) is 3.41. The second-order valence-corrected chi connectivity index (χ2v) is 10.1. The van der Waals surface area contributed by atoms with Gasteiger partial charge in [-0.3, -0.25) is 4.79 Å². The van der Waals surface area contributed by atoms with Crippen molar-refractivity contribution >= 4 is 28.4 Å². The molecule has 1 N–H and O–H groups in total. The molecule has 6 rings (SSSR count). The van der Waals surface area contributed by atoms with Crippen LogP contribution in [0.5, 0.6) is 0 Å². The molecule has 0 radical (unpaired) electrons. The number of likely N-dealkylation sites (N-methyl/N-ethyl adjacent to an activating group) is 1. The number of hydrogen-bond donors (Lipinski definition) is 1. The first-order valence-corrected chi connectivity index (χ1v) is 12.9. The van der Waals surface area contributed by atoms with E-state index in [0.29, 0.717) is 35.3 Å². The number of hydrogen-bond acceptors (Lipinski definition) is 7. The molecule has 1 atom stereocenters. The summed E-state index contributed by atoms with van der Waals surface area (Å²) in [6, 6.07) is 10.4. The largest absolute Gasteiger partial charge is 0.369 e. The van der Waals surface area contributed by atoms with E-state index in [1.165, 1.54) is 16.8 Å². The Morgan fingerprint density at radius 3 is 2.65 bits per heavy atom. The van der Waals surface area contributed by atoms with E-state index in [9.17, 15) is 4.79 Å². The molecule has 1 fully saturated rings. The average molecular weight is 497 g/mol. The van der Waals surface area contributed by atoms with Crippen molar-refractivity contribution in [3.63, 3.8) is 0 Å². The maximum absolute atomic E-state index is 13.2. The summed E-state index contributed by atoms with van der Waals surface area (Å²) in [5.41, 5.74) is 5.04. The number of benzene rings is 1. The highest BCUT2D eigenvalue weighted by Crippen LogP contribution is 2.33. The summed E-state index contributed by atoms with van der Waals surface area (Å²) in [5.74, 6) is 1.58. The van der Waals surface area contributed by atoms with E-state index >= 15 is 0 Å². The highest BCUT2D eigenvalue weighted by Gasteiger charge is 2.23. The minimum absolute atomic E-state index is 0.159. The van der Waals surface area contributed by atoms with Gasteiger partial charge in [0.1, 0.15) is 5.39 Å². The number of allylic oxidation sites excluding steroid dienone is 1. The monoisotopic (exact) mass is 496 g/mol. The third-order valence-corrected chi connectivity index (χ3v) is 7.57. The van der Waals surface area contributed by atoms with Gasteiger partial charge in [0.25, 0.3) is 5.56 Å². The van der Waals surface area contributed by atoms with Crippen LogP contribution in [0.15, 0.2) is 60.2 Å². The van der Waals surface area contributed by atoms with Gasteiger partial charge in [0.05, 0.1) is 6.54 Å². The Hall–Kier alpha value is -3.98. The highest BCUT2D eigenvalue weighted by molar-refractivity contribution is 5.77. The van der Waals surface area contributed by atoms with Crippen molar-refractivity contribution < 1.29 is 0 Å². The molecule has 3 aromatic heterocycles. The number of pyridine rings is 1. The fourth-order valence-electron chi connectivity index (χ4n) is 5.36. The summed E-state index contributed by atoms with van der Waals surface area (Å²) < 4.78 is 3.42. The van der Waals surface area contributed by atoms with Gasteiger partial charge in [0, 0.05) is 49.9 Å². The molecule has 9 nitrogen and oxygen atoms in total. The standard InChI is InChI=1S/C28H32N8O/c1-4-11-35-27(37)24-18-30-28(31-21-7-9-22(10-8-21)34-14-12-33(3)13-15-34)32-26(24)36(35)25-16-23-19(2)5-6-20(23)17-29-25/h4,7-10,16-19H,1,5-6,11-15H2,2-3H3,(H,30,31,32). The molecule has 9 heteroatoms. The van der Waals surface area contributed by atoms with Crippen LogP contribution >= 0.6 is 0 Å². The van der Waals surface area contributed by atoms with Crippen LogP contribution in [-0.4, -0.2) is 62.4 Å². The SMILES string of the molecule is C=CCn1c(=O)c2cnc(Nc3ccc(N4CCN(C)CC4)cc3)nc2n1-c1cc2c(cn1)CCC2C. The Kier molecular flexibility index (Phi) is 6.00. The van der Waals surface area contributed by atoms with Crippen molar-refractivity contribution in [3.05, 3.63) is 76.9 Å². The van der Waals surface area contributed by atoms with E-state index in [2.05, 4.69) is 58.9 Å². The van der Waals surface area contributed by atoms with Gasteiger partial charge < -0.3 is 15.1 Å². The molecular formula is C28H32N8O. The molecule has 1 aliphatic carbocycles. The van der Waals surface area contributed by atoms with E-state index in [4.69, 9.17) is 9.97 Å². The summed E-state index contributed by atoms with van der Waals surface area (Å²) >= 11 is 0. The van der Waals surface area contributed by atoms with Crippen LogP contribution in [0.3, 0.4) is 0 Å². The van der Waals surface area contributed by atoms with Crippen molar-refractivity contribution in [3.8, 4) is 5.82 Å². The van der Waals surface area contributed by atoms with E-state index in [1.54, 1.807) is 21.6 Å². The molecule has 0 saturated carbocycles. The maximum atomic E-state index is 13.2. The van der Waals surface area contributed by atoms with Crippen LogP contribution in [-0.2, 0) is 13.0 Å². The quantitative estimate of drug-likeness (QED) is 0.408. The molecule has 0 spiro atoms. The fraction of sp³-hybridized carbons (Fsp3) is 0.357. The van der Waals surface area contributed by atoms with Gasteiger partial charge in [-0.2, -0.15) is 4.98 Å². The molecule has 190 valence electrons. The third kappa shape index (κ3) is 4.29. The number of nitrogens with zero attached hydrogens (tertiary/aromatic N) is 7. The lowest BCUT2D eigenvalue weighted by molar-refractivity contribution is 0.313. The Labute approximate surface area is 216 Å². The predicted octanol–water partition coefficient (Wildman–Crippen LogP) is 3.71. The summed E-state index contributed by atoms with van der Waals surface area (Å²) in [5, 5.41) is 3.76. The molecule has 37 heavy (non-hydrogen) atoms. The number of piperazine rings is 1. The van der Waals surface area contributed by atoms with Gasteiger partial charge in [0.2, 0.25) is 5.95 Å². The van der Waals surface area contributed by atoms with Crippen LogP contribution in [0.1, 0.15) is 30.4 Å². The van der Waals surface area contributed by atoms with Gasteiger partial charge in [-0.1, -0.05) is 13.0 Å². The molecule has 4 heterocycles. The lowest BCUT2D eigenvalue weighted by atomic mass is 10.1. The summed E-state index contributed by atoms with van der Waals surface area (Å²) in [4.78, 5) is 31.9. The smallest absolute Gasteiger partial charge is 0.278 e. The first-order chi connectivity index (χ1) is 18.0. The van der Waals surface area contributed by atoms with E-state index in [-0.39, 0.29) is 5.56 Å². The molecule has 1 aliphatic heterocycles. The highest BCUT2D eigenvalue weighted by atomic mass is 16.1. The molecule has 0 bridgehead atoms. The Morgan fingerprint density at radius 1 is 1.11 bits per heavy atom. The van der Waals surface area contributed by atoms with Crippen molar-refractivity contribution in [1.29, 1.82) is 0 Å². The molecular weight excluding hydrogens is 464 g/mol. The predicted molar refractivity (Wildman–Crippen MR) is 147 cm³/mol. The van der Waals surface area contributed by atoms with Gasteiger partial charge in [-0.15, -0.1) is 6.58 Å². The van der Waals surface area contributed by atoms with Crippen molar-refractivity contribution in [2.75, 3.05) is 43.4 Å². The van der Waals surface area contributed by atoms with Crippen LogP contribution in [0.4, 0.5) is 17.3 Å². The molecule has 1 unspecified atom stereocenters. The summed E-state index contributed by atoms with van der Waals surface area (Å²) in [7, 11) is 2.16. The first-order valence-electron chi connectivity index (χ1n) is 12.9. The second-order valence-electron chi connectivity index (χ2n) is 10.1. The van der Waals surface area contributed by atoms with Gasteiger partial charge in [0.15, 0.2) is 11.5 Å². The minimum atomic E-state index is -0.159. The molecule has 0 amide bonds. The first kappa shape index (κ1) is 23.4. The van der Waals surface area contributed by atoms with Crippen molar-refractivity contribution in [1.82, 2.24) is 29.2 Å². The van der Waals surface area contributed by atoms with Crippen LogP contribution in [0.25, 0.3) is 16.9 Å². The summed E-state index contributed by atoms with van der Waals surface area (Å²) in [6.07, 6.45) is 7.40. The summed E-state index contributed by atoms with van der Waals surface area (Å²) in [6.45, 7) is 10.6. The number of aryl methyl sites for hydroxylation is 1. The van der Waals surface area contributed by atoms with Crippen LogP contribution in [0, 0.1) is 0 Å². The Bertz CT molecular complexity index is 1510. The zero-order valence-electron chi connectivity index (χ0n) is 21.4.